The predicted molar refractivity (Wildman–Crippen MR) is 102 cm³/mol. The first-order valence-electron chi connectivity index (χ1n) is 9.55. The molecule has 4 nitrogen and oxygen atoms in total. The second-order valence-corrected chi connectivity index (χ2v) is 7.77. The summed E-state index contributed by atoms with van der Waals surface area (Å²) in [5.74, 6) is 1.85. The topological polar surface area (TPSA) is 47.6 Å². The van der Waals surface area contributed by atoms with Crippen molar-refractivity contribution in [2.24, 2.45) is 11.8 Å². The van der Waals surface area contributed by atoms with E-state index in [1.807, 2.05) is 32.0 Å². The largest absolute Gasteiger partial charge is 0.493 e. The van der Waals surface area contributed by atoms with Gasteiger partial charge in [-0.05, 0) is 68.7 Å². The predicted octanol–water partition coefficient (Wildman–Crippen LogP) is 4.95. The third kappa shape index (κ3) is 5.21. The zero-order chi connectivity index (χ0) is 18.4. The molecular weight excluding hydrogens is 314 g/mol. The van der Waals surface area contributed by atoms with E-state index in [1.165, 1.54) is 6.42 Å². The Hall–Kier alpha value is -1.55. The normalized spacial score (nSPS) is 23.5. The van der Waals surface area contributed by atoms with E-state index in [0.29, 0.717) is 25.0 Å². The minimum absolute atomic E-state index is 0.0175. The maximum Gasteiger partial charge on any atom is 0.256 e. The summed E-state index contributed by atoms with van der Waals surface area (Å²) in [4.78, 5) is 13.0. The fraction of sp³-hybridized carbons (Fsp3) is 0.667. The van der Waals surface area contributed by atoms with Crippen molar-refractivity contribution >= 4 is 11.6 Å². The maximum absolute atomic E-state index is 13.0. The van der Waals surface area contributed by atoms with Crippen LogP contribution in [-0.2, 0) is 9.53 Å². The molecule has 4 heteroatoms. The highest BCUT2D eigenvalue weighted by Crippen LogP contribution is 2.36. The zero-order valence-electron chi connectivity index (χ0n) is 16.4. The third-order valence-electron chi connectivity index (χ3n) is 4.80. The number of carbonyl (C=O) groups excluding carboxylic acids is 1. The average Bonchev–Trinajstić information content (AvgIpc) is 2.54. The molecule has 0 bridgehead atoms. The van der Waals surface area contributed by atoms with Crippen LogP contribution in [0.25, 0.3) is 0 Å². The van der Waals surface area contributed by atoms with Crippen LogP contribution in [0.1, 0.15) is 58.9 Å². The van der Waals surface area contributed by atoms with Crippen LogP contribution in [0.5, 0.6) is 5.75 Å². The van der Waals surface area contributed by atoms with Crippen LogP contribution < -0.4 is 10.1 Å². The molecule has 0 heterocycles. The van der Waals surface area contributed by atoms with E-state index in [-0.39, 0.29) is 5.91 Å². The summed E-state index contributed by atoms with van der Waals surface area (Å²) in [5.41, 5.74) is 1.14. The molecule has 1 aromatic rings. The summed E-state index contributed by atoms with van der Waals surface area (Å²) in [6, 6.07) is 5.82. The molecule has 1 N–H and O–H groups in total. The Balaban J connectivity index is 2.09. The fourth-order valence-electron chi connectivity index (χ4n) is 3.57. The molecule has 0 aliphatic heterocycles. The highest BCUT2D eigenvalue weighted by Gasteiger charge is 2.42. The van der Waals surface area contributed by atoms with Crippen molar-refractivity contribution in [2.45, 2.75) is 65.9 Å². The summed E-state index contributed by atoms with van der Waals surface area (Å²) >= 11 is 0. The lowest BCUT2D eigenvalue weighted by molar-refractivity contribution is -0.147. The van der Waals surface area contributed by atoms with E-state index >= 15 is 0 Å². The Morgan fingerprint density at radius 2 is 2.16 bits per heavy atom. The molecule has 0 radical (unpaired) electrons. The Bertz CT molecular complexity index is 581. The number of hydrogen-bond donors (Lipinski definition) is 1. The molecule has 1 aliphatic rings. The van der Waals surface area contributed by atoms with E-state index in [4.69, 9.17) is 9.47 Å². The van der Waals surface area contributed by atoms with Crippen molar-refractivity contribution in [2.75, 3.05) is 18.5 Å². The molecule has 0 aromatic heterocycles. The number of nitrogens with one attached hydrogen (secondary N) is 1. The Morgan fingerprint density at radius 1 is 1.40 bits per heavy atom. The molecule has 1 aliphatic carbocycles. The van der Waals surface area contributed by atoms with Crippen molar-refractivity contribution in [3.05, 3.63) is 23.8 Å². The number of benzene rings is 1. The number of amides is 1. The van der Waals surface area contributed by atoms with Gasteiger partial charge in [-0.15, -0.1) is 0 Å². The highest BCUT2D eigenvalue weighted by molar-refractivity contribution is 5.97. The molecule has 0 saturated heterocycles. The van der Waals surface area contributed by atoms with Crippen molar-refractivity contribution in [3.8, 4) is 5.75 Å². The quantitative estimate of drug-likeness (QED) is 0.759. The van der Waals surface area contributed by atoms with Crippen LogP contribution in [0.2, 0.25) is 0 Å². The lowest BCUT2D eigenvalue weighted by Crippen LogP contribution is -2.48. The van der Waals surface area contributed by atoms with Gasteiger partial charge in [0, 0.05) is 12.3 Å². The minimum atomic E-state index is -0.687. The molecule has 1 fully saturated rings. The number of rotatable bonds is 7. The Labute approximate surface area is 152 Å². The van der Waals surface area contributed by atoms with Gasteiger partial charge in [0.2, 0.25) is 0 Å². The van der Waals surface area contributed by atoms with Gasteiger partial charge in [-0.3, -0.25) is 4.79 Å². The highest BCUT2D eigenvalue weighted by atomic mass is 16.5. The Kier molecular flexibility index (Phi) is 6.88. The van der Waals surface area contributed by atoms with E-state index in [1.54, 1.807) is 0 Å². The summed E-state index contributed by atoms with van der Waals surface area (Å²) in [5, 5.41) is 3.07. The van der Waals surface area contributed by atoms with Crippen LogP contribution in [0.3, 0.4) is 0 Å². The first kappa shape index (κ1) is 19.8. The van der Waals surface area contributed by atoms with Gasteiger partial charge in [0.1, 0.15) is 11.4 Å². The minimum Gasteiger partial charge on any atom is -0.493 e. The Morgan fingerprint density at radius 3 is 2.76 bits per heavy atom. The molecule has 1 saturated carbocycles. The summed E-state index contributed by atoms with van der Waals surface area (Å²) in [6.45, 7) is 11.7. The molecule has 0 spiro atoms. The molecule has 1 aromatic carbocycles. The monoisotopic (exact) mass is 347 g/mol. The number of carbonyl (C=O) groups is 1. The number of ether oxygens (including phenoxy) is 2. The van der Waals surface area contributed by atoms with Crippen molar-refractivity contribution in [3.63, 3.8) is 0 Å². The van der Waals surface area contributed by atoms with Gasteiger partial charge >= 0.3 is 0 Å². The fourth-order valence-corrected chi connectivity index (χ4v) is 3.57. The second kappa shape index (κ2) is 8.70. The lowest BCUT2D eigenvalue weighted by Gasteiger charge is -2.38. The van der Waals surface area contributed by atoms with Crippen LogP contribution >= 0.6 is 0 Å². The smallest absolute Gasteiger partial charge is 0.256 e. The number of hydrogen-bond acceptors (Lipinski definition) is 3. The van der Waals surface area contributed by atoms with Crippen molar-refractivity contribution in [1.29, 1.82) is 0 Å². The zero-order valence-corrected chi connectivity index (χ0v) is 16.4. The van der Waals surface area contributed by atoms with Crippen molar-refractivity contribution < 1.29 is 14.3 Å². The van der Waals surface area contributed by atoms with Crippen LogP contribution in [-0.4, -0.2) is 24.7 Å². The number of anilines is 1. The SMILES string of the molecule is CCO[C@]1(C(=O)Nc2ccc(OCC(C)C)c(C)c2)CCC[C@H](C)C1. The van der Waals surface area contributed by atoms with Gasteiger partial charge < -0.3 is 14.8 Å². The van der Waals surface area contributed by atoms with E-state index < -0.39 is 5.60 Å². The van der Waals surface area contributed by atoms with E-state index in [9.17, 15) is 4.79 Å². The van der Waals surface area contributed by atoms with Gasteiger partial charge in [-0.2, -0.15) is 0 Å². The average molecular weight is 347 g/mol. The van der Waals surface area contributed by atoms with Gasteiger partial charge in [-0.25, -0.2) is 0 Å². The number of aryl methyl sites for hydroxylation is 1. The molecule has 2 rings (SSSR count). The molecule has 140 valence electrons. The molecule has 1 amide bonds. The summed E-state index contributed by atoms with van der Waals surface area (Å²) in [6.07, 6.45) is 3.80. The van der Waals surface area contributed by atoms with Gasteiger partial charge in [-0.1, -0.05) is 27.2 Å². The maximum atomic E-state index is 13.0. The second-order valence-electron chi connectivity index (χ2n) is 7.77. The van der Waals surface area contributed by atoms with Gasteiger partial charge in [0.25, 0.3) is 5.91 Å². The molecule has 2 atom stereocenters. The first-order valence-corrected chi connectivity index (χ1v) is 9.55. The van der Waals surface area contributed by atoms with Crippen LogP contribution in [0.4, 0.5) is 5.69 Å². The van der Waals surface area contributed by atoms with Crippen LogP contribution in [0, 0.1) is 18.8 Å². The molecule has 0 unspecified atom stereocenters. The van der Waals surface area contributed by atoms with Gasteiger partial charge in [0.15, 0.2) is 0 Å². The van der Waals surface area contributed by atoms with Crippen molar-refractivity contribution in [1.82, 2.24) is 0 Å². The lowest BCUT2D eigenvalue weighted by atomic mass is 9.78. The standard InChI is InChI=1S/C21H33NO3/c1-6-25-21(11-7-8-16(4)13-21)20(23)22-18-9-10-19(17(5)12-18)24-14-15(2)3/h9-10,12,15-16H,6-8,11,13-14H2,1-5H3,(H,22,23)/t16-,21+/m0/s1. The van der Waals surface area contributed by atoms with E-state index in [2.05, 4.69) is 26.1 Å². The van der Waals surface area contributed by atoms with Gasteiger partial charge in [0.05, 0.1) is 6.61 Å². The van der Waals surface area contributed by atoms with E-state index in [0.717, 1.165) is 36.3 Å². The molecular formula is C21H33NO3. The molecule has 25 heavy (non-hydrogen) atoms. The third-order valence-corrected chi connectivity index (χ3v) is 4.80. The van der Waals surface area contributed by atoms with Crippen LogP contribution in [0.15, 0.2) is 18.2 Å². The summed E-state index contributed by atoms with van der Waals surface area (Å²) in [7, 11) is 0. The first-order chi connectivity index (χ1) is 11.9. The summed E-state index contributed by atoms with van der Waals surface area (Å²) < 4.78 is 11.8.